The summed E-state index contributed by atoms with van der Waals surface area (Å²) in [5.74, 6) is -2.00. The van der Waals surface area contributed by atoms with Gasteiger partial charge in [-0.1, -0.05) is 101 Å². The molecule has 44 heavy (non-hydrogen) atoms. The van der Waals surface area contributed by atoms with E-state index in [4.69, 9.17) is 48.5 Å². The molecule has 0 N–H and O–H groups in total. The van der Waals surface area contributed by atoms with Crippen LogP contribution in [0.5, 0.6) is 0 Å². The SMILES string of the molecule is CON=C[C@H](F)[C@H](OC(=O)C=Cc1ccccc1)[C@H](COC(=O)C=Cc1ccccc1)OS(=O)(=O)c1cc(Cl)c(Cl)cc1Cl. The zero-order valence-corrected chi connectivity index (χ0v) is 26.0. The van der Waals surface area contributed by atoms with Gasteiger partial charge in [-0.3, -0.25) is 4.18 Å². The molecule has 3 aromatic carbocycles. The maximum absolute atomic E-state index is 15.5. The highest BCUT2D eigenvalue weighted by Crippen LogP contribution is 2.33. The molecular weight excluding hydrogens is 660 g/mol. The van der Waals surface area contributed by atoms with Gasteiger partial charge in [0.05, 0.1) is 21.3 Å². The van der Waals surface area contributed by atoms with Gasteiger partial charge in [0.1, 0.15) is 18.6 Å². The van der Waals surface area contributed by atoms with Crippen molar-refractivity contribution in [1.29, 1.82) is 0 Å². The van der Waals surface area contributed by atoms with Crippen LogP contribution < -0.4 is 0 Å². The maximum atomic E-state index is 15.5. The Balaban J connectivity index is 1.94. The van der Waals surface area contributed by atoms with Gasteiger partial charge in [0.15, 0.2) is 18.4 Å². The number of alkyl halides is 1. The standard InChI is InChI=1S/C30H25Cl3FNO8S/c1-40-35-18-25(34)30(42-29(37)15-13-21-10-6-3-7-11-21)26(19-41-28(36)14-12-20-8-4-2-5-9-20)43-44(38,39)27-17-23(32)22(31)16-24(27)33/h2-18,25-26,30H,19H2,1H3/t25-,26-,30-/m0/s1. The van der Waals surface area contributed by atoms with Crippen molar-refractivity contribution in [1.82, 2.24) is 0 Å². The van der Waals surface area contributed by atoms with Crippen molar-refractivity contribution in [2.75, 3.05) is 13.7 Å². The van der Waals surface area contributed by atoms with Crippen molar-refractivity contribution in [3.63, 3.8) is 0 Å². The summed E-state index contributed by atoms with van der Waals surface area (Å²) >= 11 is 18.0. The molecule has 0 aliphatic heterocycles. The molecule has 232 valence electrons. The number of benzene rings is 3. The molecule has 3 rings (SSSR count). The van der Waals surface area contributed by atoms with E-state index in [1.165, 1.54) is 12.2 Å². The molecule has 0 heterocycles. The van der Waals surface area contributed by atoms with Gasteiger partial charge in [-0.05, 0) is 35.4 Å². The normalized spacial score (nSPS) is 14.0. The first-order valence-corrected chi connectivity index (χ1v) is 15.2. The number of hydrogen-bond acceptors (Lipinski definition) is 9. The number of hydrogen-bond donors (Lipinski definition) is 0. The highest BCUT2D eigenvalue weighted by Gasteiger charge is 2.38. The molecule has 0 fully saturated rings. The molecule has 3 aromatic rings. The van der Waals surface area contributed by atoms with E-state index in [0.717, 1.165) is 31.4 Å². The van der Waals surface area contributed by atoms with Gasteiger partial charge in [0, 0.05) is 12.2 Å². The van der Waals surface area contributed by atoms with Crippen LogP contribution >= 0.6 is 34.8 Å². The van der Waals surface area contributed by atoms with Crippen molar-refractivity contribution >= 4 is 75.2 Å². The third kappa shape index (κ3) is 10.8. The molecule has 0 aliphatic carbocycles. The molecule has 0 spiro atoms. The first-order chi connectivity index (χ1) is 21.0. The topological polar surface area (TPSA) is 118 Å². The van der Waals surface area contributed by atoms with Crippen LogP contribution in [0.1, 0.15) is 11.1 Å². The Morgan fingerprint density at radius 3 is 1.98 bits per heavy atom. The number of carbonyl (C=O) groups excluding carboxylic acids is 2. The molecule has 3 atom stereocenters. The Labute approximate surface area is 268 Å². The molecule has 0 saturated heterocycles. The van der Waals surface area contributed by atoms with Crippen molar-refractivity contribution < 1.29 is 40.9 Å². The van der Waals surface area contributed by atoms with Gasteiger partial charge in [-0.25, -0.2) is 14.0 Å². The van der Waals surface area contributed by atoms with Crippen LogP contribution in [-0.2, 0) is 38.2 Å². The Morgan fingerprint density at radius 1 is 0.864 bits per heavy atom. The number of nitrogens with zero attached hydrogens (tertiary/aromatic N) is 1. The summed E-state index contributed by atoms with van der Waals surface area (Å²) in [4.78, 5) is 29.2. The lowest BCUT2D eigenvalue weighted by Gasteiger charge is -2.27. The lowest BCUT2D eigenvalue weighted by Crippen LogP contribution is -2.45. The molecular formula is C30H25Cl3FNO8S. The Kier molecular flexibility index (Phi) is 13.4. The van der Waals surface area contributed by atoms with Crippen molar-refractivity contribution in [2.45, 2.75) is 23.3 Å². The summed E-state index contributed by atoms with van der Waals surface area (Å²) in [6, 6.07) is 19.4. The van der Waals surface area contributed by atoms with E-state index in [9.17, 15) is 18.0 Å². The summed E-state index contributed by atoms with van der Waals surface area (Å²) in [6.07, 6.45) is -0.752. The molecule has 0 aliphatic rings. The third-order valence-corrected chi connectivity index (χ3v) is 8.07. The van der Waals surface area contributed by atoms with Crippen LogP contribution in [0, 0.1) is 0 Å². The third-order valence-electron chi connectivity index (χ3n) is 5.55. The Hall–Kier alpha value is -3.74. The second-order valence-corrected chi connectivity index (χ2v) is 11.4. The predicted molar refractivity (Wildman–Crippen MR) is 166 cm³/mol. The van der Waals surface area contributed by atoms with Crippen LogP contribution in [0.25, 0.3) is 12.2 Å². The average Bonchev–Trinajstić information content (AvgIpc) is 3.01. The summed E-state index contributed by atoms with van der Waals surface area (Å²) in [7, 11) is -3.72. The lowest BCUT2D eigenvalue weighted by molar-refractivity contribution is -0.155. The fourth-order valence-corrected chi connectivity index (χ4v) is 5.53. The summed E-state index contributed by atoms with van der Waals surface area (Å²) in [5.41, 5.74) is 1.30. The molecule has 0 aromatic heterocycles. The van der Waals surface area contributed by atoms with Gasteiger partial charge in [-0.15, -0.1) is 0 Å². The van der Waals surface area contributed by atoms with E-state index in [0.29, 0.717) is 17.3 Å². The van der Waals surface area contributed by atoms with Crippen molar-refractivity contribution in [3.8, 4) is 0 Å². The summed E-state index contributed by atoms with van der Waals surface area (Å²) in [6.45, 7) is -0.891. The largest absolute Gasteiger partial charge is 0.460 e. The first-order valence-electron chi connectivity index (χ1n) is 12.6. The minimum atomic E-state index is -4.86. The number of esters is 2. The van der Waals surface area contributed by atoms with Crippen molar-refractivity contribution in [3.05, 3.63) is 111 Å². The van der Waals surface area contributed by atoms with Gasteiger partial charge in [-0.2, -0.15) is 8.42 Å². The average molecular weight is 685 g/mol. The quantitative estimate of drug-likeness (QED) is 0.0467. The van der Waals surface area contributed by atoms with Crippen LogP contribution in [0.2, 0.25) is 15.1 Å². The second-order valence-electron chi connectivity index (χ2n) is 8.69. The predicted octanol–water partition coefficient (Wildman–Crippen LogP) is 6.57. The van der Waals surface area contributed by atoms with Crippen LogP contribution in [-0.4, -0.2) is 58.7 Å². The fourth-order valence-electron chi connectivity index (χ4n) is 3.48. The monoisotopic (exact) mass is 683 g/mol. The van der Waals surface area contributed by atoms with Crippen LogP contribution in [0.3, 0.4) is 0 Å². The van der Waals surface area contributed by atoms with Gasteiger partial charge in [0.2, 0.25) is 0 Å². The number of oxime groups is 1. The highest BCUT2D eigenvalue weighted by atomic mass is 35.5. The number of halogens is 4. The molecule has 14 heteroatoms. The molecule has 0 amide bonds. The minimum Gasteiger partial charge on any atom is -0.460 e. The fraction of sp³-hybridized carbons (Fsp3) is 0.167. The van der Waals surface area contributed by atoms with Gasteiger partial charge < -0.3 is 14.3 Å². The molecule has 0 unspecified atom stereocenters. The van der Waals surface area contributed by atoms with Crippen LogP contribution in [0.4, 0.5) is 4.39 Å². The van der Waals surface area contributed by atoms with E-state index in [-0.39, 0.29) is 15.1 Å². The van der Waals surface area contributed by atoms with E-state index in [2.05, 4.69) is 9.99 Å². The van der Waals surface area contributed by atoms with E-state index >= 15 is 4.39 Å². The number of ether oxygens (including phenoxy) is 2. The lowest BCUT2D eigenvalue weighted by atomic mass is 10.1. The molecule has 0 saturated carbocycles. The molecule has 0 bridgehead atoms. The zero-order chi connectivity index (χ0) is 32.1. The first kappa shape index (κ1) is 34.7. The minimum absolute atomic E-state index is 0.0390. The Bertz CT molecular complexity index is 1620. The second kappa shape index (κ2) is 16.9. The molecule has 0 radical (unpaired) electrons. The van der Waals surface area contributed by atoms with Gasteiger partial charge in [0.25, 0.3) is 10.1 Å². The zero-order valence-electron chi connectivity index (χ0n) is 22.9. The van der Waals surface area contributed by atoms with Crippen LogP contribution in [0.15, 0.2) is 95.0 Å². The van der Waals surface area contributed by atoms with Crippen molar-refractivity contribution in [2.24, 2.45) is 5.16 Å². The maximum Gasteiger partial charge on any atom is 0.331 e. The Morgan fingerprint density at radius 2 is 1.41 bits per heavy atom. The van der Waals surface area contributed by atoms with E-state index < -0.39 is 51.9 Å². The molecule has 9 nitrogen and oxygen atoms in total. The van der Waals surface area contributed by atoms with E-state index in [1.54, 1.807) is 60.7 Å². The van der Waals surface area contributed by atoms with Gasteiger partial charge >= 0.3 is 11.9 Å². The smallest absolute Gasteiger partial charge is 0.331 e. The number of carbonyl (C=O) groups is 2. The highest BCUT2D eigenvalue weighted by molar-refractivity contribution is 7.87. The summed E-state index contributed by atoms with van der Waals surface area (Å²) < 4.78 is 57.9. The van der Waals surface area contributed by atoms with E-state index in [1.807, 2.05) is 0 Å². The number of rotatable bonds is 14. The summed E-state index contributed by atoms with van der Waals surface area (Å²) in [5, 5.41) is 2.77.